The first-order valence-corrected chi connectivity index (χ1v) is 12.8. The second kappa shape index (κ2) is 18.1. The van der Waals surface area contributed by atoms with E-state index in [1.807, 2.05) is 0 Å². The highest BCUT2D eigenvalue weighted by Crippen LogP contribution is 2.07. The number of H-pyrrole nitrogens is 1. The van der Waals surface area contributed by atoms with Gasteiger partial charge in [0.1, 0.15) is 18.1 Å². The Balaban J connectivity index is 3.01. The van der Waals surface area contributed by atoms with Crippen molar-refractivity contribution in [2.75, 3.05) is 13.1 Å². The van der Waals surface area contributed by atoms with Crippen LogP contribution < -0.4 is 44.6 Å². The van der Waals surface area contributed by atoms with Crippen LogP contribution in [-0.4, -0.2) is 87.9 Å². The van der Waals surface area contributed by atoms with Gasteiger partial charge in [0.25, 0.3) is 0 Å². The molecular weight excluding hydrogens is 526 g/mol. The molecule has 0 aliphatic heterocycles. The van der Waals surface area contributed by atoms with E-state index in [-0.39, 0.29) is 44.6 Å². The Hall–Kier alpha value is -4.25. The molecule has 40 heavy (non-hydrogen) atoms. The summed E-state index contributed by atoms with van der Waals surface area (Å²) in [5.74, 6) is -4.25. The number of carbonyl (C=O) groups excluding carboxylic acids is 4. The quantitative estimate of drug-likeness (QED) is 0.0414. The Labute approximate surface area is 231 Å². The monoisotopic (exact) mass is 567 g/mol. The molecule has 17 nitrogen and oxygen atoms in total. The second-order valence-electron chi connectivity index (χ2n) is 9.15. The number of primary amides is 1. The summed E-state index contributed by atoms with van der Waals surface area (Å²) < 4.78 is 0. The smallest absolute Gasteiger partial charge is 0.326 e. The third-order valence-electron chi connectivity index (χ3n) is 5.79. The lowest BCUT2D eigenvalue weighted by molar-refractivity contribution is -0.142. The number of aromatic amines is 1. The van der Waals surface area contributed by atoms with Gasteiger partial charge in [-0.2, -0.15) is 0 Å². The van der Waals surface area contributed by atoms with Crippen LogP contribution in [-0.2, 0) is 30.4 Å². The molecule has 1 rings (SSSR count). The Morgan fingerprint density at radius 2 is 1.55 bits per heavy atom. The van der Waals surface area contributed by atoms with Gasteiger partial charge in [0.15, 0.2) is 5.96 Å². The maximum atomic E-state index is 13.3. The highest BCUT2D eigenvalue weighted by molar-refractivity contribution is 5.94. The predicted molar refractivity (Wildman–Crippen MR) is 145 cm³/mol. The lowest BCUT2D eigenvalue weighted by atomic mass is 10.0. The zero-order chi connectivity index (χ0) is 30.1. The van der Waals surface area contributed by atoms with Crippen molar-refractivity contribution in [3.63, 3.8) is 0 Å². The first-order valence-electron chi connectivity index (χ1n) is 12.8. The molecule has 0 aliphatic carbocycles. The first-order chi connectivity index (χ1) is 18.9. The number of aliphatic imine (C=N–C) groups is 1. The van der Waals surface area contributed by atoms with Gasteiger partial charge in [0.2, 0.25) is 23.6 Å². The number of unbranched alkanes of at least 4 members (excludes halogenated alkanes) is 1. The summed E-state index contributed by atoms with van der Waals surface area (Å²) in [5.41, 5.74) is 27.7. The Kier molecular flexibility index (Phi) is 15.3. The normalized spacial score (nSPS) is 13.8. The van der Waals surface area contributed by atoms with Crippen LogP contribution in [0.1, 0.15) is 50.6 Å². The molecule has 0 bridgehead atoms. The van der Waals surface area contributed by atoms with E-state index in [0.29, 0.717) is 31.5 Å². The van der Waals surface area contributed by atoms with Crippen LogP contribution in [0.4, 0.5) is 0 Å². The number of hydrogen-bond acceptors (Lipinski definition) is 9. The van der Waals surface area contributed by atoms with Gasteiger partial charge in [-0.1, -0.05) is 0 Å². The number of guanidine groups is 1. The van der Waals surface area contributed by atoms with Gasteiger partial charge in [-0.05, 0) is 45.1 Å². The number of aromatic nitrogens is 2. The summed E-state index contributed by atoms with van der Waals surface area (Å²) >= 11 is 0. The molecule has 0 radical (unpaired) electrons. The van der Waals surface area contributed by atoms with Crippen molar-refractivity contribution in [3.05, 3.63) is 18.2 Å². The van der Waals surface area contributed by atoms with Crippen molar-refractivity contribution < 1.29 is 29.1 Å². The number of carboxylic acid groups (broad SMARTS) is 1. The second-order valence-corrected chi connectivity index (χ2v) is 9.15. The molecule has 0 saturated heterocycles. The number of rotatable bonds is 20. The number of carboxylic acids is 1. The van der Waals surface area contributed by atoms with Crippen molar-refractivity contribution in [1.82, 2.24) is 25.9 Å². The topological polar surface area (TPSA) is 313 Å². The molecule has 4 unspecified atom stereocenters. The summed E-state index contributed by atoms with van der Waals surface area (Å²) in [7, 11) is 0. The van der Waals surface area contributed by atoms with Crippen molar-refractivity contribution in [2.45, 2.75) is 75.5 Å². The van der Waals surface area contributed by atoms with Crippen LogP contribution >= 0.6 is 0 Å². The average molecular weight is 568 g/mol. The van der Waals surface area contributed by atoms with Crippen molar-refractivity contribution in [3.8, 4) is 0 Å². The average Bonchev–Trinajstić information content (AvgIpc) is 3.40. The SMILES string of the molecule is NCCCCC(NC(=O)C(N)CCCN=C(N)N)C(=O)NC(Cc1cnc[nH]1)C(=O)NC(CCC(N)=O)C(=O)O. The minimum absolute atomic E-state index is 0.0620. The zero-order valence-corrected chi connectivity index (χ0v) is 22.3. The van der Waals surface area contributed by atoms with Gasteiger partial charge in [-0.3, -0.25) is 24.2 Å². The number of amides is 4. The van der Waals surface area contributed by atoms with E-state index in [0.717, 1.165) is 0 Å². The molecule has 1 aromatic rings. The standard InChI is InChI=1S/C23H41N11O6/c24-8-2-1-5-15(32-19(36)14(25)4-3-9-30-23(27)28)20(37)34-17(10-13-11-29-12-31-13)21(38)33-16(22(39)40)6-7-18(26)35/h11-12,14-17H,1-10,24-25H2,(H2,26,35)(H,29,31)(H,32,36)(H,33,38)(H,34,37)(H,39,40)(H4,27,28,30). The molecule has 17 heteroatoms. The predicted octanol–water partition coefficient (Wildman–Crippen LogP) is -3.73. The van der Waals surface area contributed by atoms with Crippen LogP contribution in [0.5, 0.6) is 0 Å². The number of carbonyl (C=O) groups is 5. The molecule has 4 atom stereocenters. The molecule has 0 aliphatic rings. The number of imidazole rings is 1. The van der Waals surface area contributed by atoms with Gasteiger partial charge < -0.3 is 54.7 Å². The summed E-state index contributed by atoms with van der Waals surface area (Å²) in [4.78, 5) is 72.3. The Morgan fingerprint density at radius 3 is 2.12 bits per heavy atom. The molecule has 1 heterocycles. The maximum absolute atomic E-state index is 13.3. The van der Waals surface area contributed by atoms with Gasteiger partial charge in [0.05, 0.1) is 12.4 Å². The molecular formula is C23H41N11O6. The summed E-state index contributed by atoms with van der Waals surface area (Å²) in [6, 6.07) is -4.65. The highest BCUT2D eigenvalue weighted by atomic mass is 16.4. The lowest BCUT2D eigenvalue weighted by Gasteiger charge is -2.25. The first kappa shape index (κ1) is 33.8. The lowest BCUT2D eigenvalue weighted by Crippen LogP contribution is -2.57. The summed E-state index contributed by atoms with van der Waals surface area (Å²) in [6.07, 6.45) is 4.24. The van der Waals surface area contributed by atoms with E-state index < -0.39 is 53.8 Å². The van der Waals surface area contributed by atoms with E-state index in [4.69, 9.17) is 28.7 Å². The van der Waals surface area contributed by atoms with Crippen LogP contribution in [0.2, 0.25) is 0 Å². The van der Waals surface area contributed by atoms with Crippen LogP contribution in [0.15, 0.2) is 17.5 Å². The third kappa shape index (κ3) is 13.5. The van der Waals surface area contributed by atoms with Crippen LogP contribution in [0.25, 0.3) is 0 Å². The zero-order valence-electron chi connectivity index (χ0n) is 22.3. The molecule has 0 saturated carbocycles. The number of hydrogen-bond donors (Lipinski definition) is 10. The number of aliphatic carboxylic acids is 1. The van der Waals surface area contributed by atoms with Crippen molar-refractivity contribution >= 4 is 35.6 Å². The van der Waals surface area contributed by atoms with Crippen molar-refractivity contribution in [2.24, 2.45) is 33.7 Å². The van der Waals surface area contributed by atoms with Crippen LogP contribution in [0, 0.1) is 0 Å². The van der Waals surface area contributed by atoms with Gasteiger partial charge in [-0.15, -0.1) is 0 Å². The summed E-state index contributed by atoms with van der Waals surface area (Å²) in [5, 5.41) is 17.0. The molecule has 224 valence electrons. The minimum atomic E-state index is -1.42. The molecule has 4 amide bonds. The molecule has 0 aromatic carbocycles. The van der Waals surface area contributed by atoms with Crippen molar-refractivity contribution in [1.29, 1.82) is 0 Å². The van der Waals surface area contributed by atoms with E-state index in [9.17, 15) is 29.1 Å². The Bertz CT molecular complexity index is 997. The molecule has 0 spiro atoms. The maximum Gasteiger partial charge on any atom is 0.326 e. The van der Waals surface area contributed by atoms with Gasteiger partial charge in [-0.25, -0.2) is 9.78 Å². The highest BCUT2D eigenvalue weighted by Gasteiger charge is 2.30. The fourth-order valence-electron chi connectivity index (χ4n) is 3.60. The van der Waals surface area contributed by atoms with E-state index in [2.05, 4.69) is 30.9 Å². The number of nitrogens with one attached hydrogen (secondary N) is 4. The number of nitrogens with zero attached hydrogens (tertiary/aromatic N) is 2. The third-order valence-corrected chi connectivity index (χ3v) is 5.79. The van der Waals surface area contributed by atoms with Gasteiger partial charge >= 0.3 is 5.97 Å². The number of nitrogens with two attached hydrogens (primary N) is 5. The fraction of sp³-hybridized carbons (Fsp3) is 0.609. The minimum Gasteiger partial charge on any atom is -0.480 e. The molecule has 1 aromatic heterocycles. The van der Waals surface area contributed by atoms with Gasteiger partial charge in [0, 0.05) is 31.3 Å². The summed E-state index contributed by atoms with van der Waals surface area (Å²) in [6.45, 7) is 0.657. The van der Waals surface area contributed by atoms with Crippen LogP contribution in [0.3, 0.4) is 0 Å². The van der Waals surface area contributed by atoms with E-state index in [1.165, 1.54) is 12.5 Å². The van der Waals surface area contributed by atoms with E-state index in [1.54, 1.807) is 0 Å². The molecule has 15 N–H and O–H groups in total. The largest absolute Gasteiger partial charge is 0.480 e. The Morgan fingerprint density at radius 1 is 0.900 bits per heavy atom. The molecule has 0 fully saturated rings. The fourth-order valence-corrected chi connectivity index (χ4v) is 3.60. The van der Waals surface area contributed by atoms with E-state index >= 15 is 0 Å².